The first kappa shape index (κ1) is 13.6. The van der Waals surface area contributed by atoms with E-state index in [1.165, 1.54) is 5.56 Å². The van der Waals surface area contributed by atoms with Crippen molar-refractivity contribution in [3.63, 3.8) is 0 Å². The highest BCUT2D eigenvalue weighted by atomic mass is 16.3. The molecule has 17 heavy (non-hydrogen) atoms. The van der Waals surface area contributed by atoms with Crippen LogP contribution in [0.3, 0.4) is 0 Å². The standard InChI is InChI=1S/C16H22O/c1-6-7-15-14(12(4)5)9-8-13(16(15)17)10-11(2)3/h6,8-9,12,17H,1-2,7,10H2,3-5H3. The summed E-state index contributed by atoms with van der Waals surface area (Å²) >= 11 is 0. The lowest BCUT2D eigenvalue weighted by molar-refractivity contribution is 0.462. The van der Waals surface area contributed by atoms with Crippen LogP contribution in [0.5, 0.6) is 5.75 Å². The fraction of sp³-hybridized carbons (Fsp3) is 0.375. The lowest BCUT2D eigenvalue weighted by atomic mass is 9.91. The molecule has 0 aliphatic heterocycles. The predicted octanol–water partition coefficient (Wildman–Crippen LogP) is 4.36. The van der Waals surface area contributed by atoms with Gasteiger partial charge in [0.25, 0.3) is 0 Å². The molecule has 0 aromatic heterocycles. The number of hydrogen-bond acceptors (Lipinski definition) is 1. The van der Waals surface area contributed by atoms with Crippen molar-refractivity contribution in [2.75, 3.05) is 0 Å². The van der Waals surface area contributed by atoms with Gasteiger partial charge in [0.05, 0.1) is 0 Å². The summed E-state index contributed by atoms with van der Waals surface area (Å²) in [4.78, 5) is 0. The lowest BCUT2D eigenvalue weighted by Crippen LogP contribution is -1.99. The normalized spacial score (nSPS) is 10.6. The minimum atomic E-state index is 0.412. The van der Waals surface area contributed by atoms with E-state index in [9.17, 15) is 5.11 Å². The summed E-state index contributed by atoms with van der Waals surface area (Å²) < 4.78 is 0. The Hall–Kier alpha value is -1.50. The van der Waals surface area contributed by atoms with Crippen molar-refractivity contribution < 1.29 is 5.11 Å². The summed E-state index contributed by atoms with van der Waals surface area (Å²) in [7, 11) is 0. The van der Waals surface area contributed by atoms with Crippen molar-refractivity contribution in [1.82, 2.24) is 0 Å². The molecule has 0 spiro atoms. The summed E-state index contributed by atoms with van der Waals surface area (Å²) in [6.07, 6.45) is 3.28. The van der Waals surface area contributed by atoms with E-state index in [1.54, 1.807) is 0 Å². The van der Waals surface area contributed by atoms with Crippen molar-refractivity contribution in [2.45, 2.75) is 39.5 Å². The number of hydrogen-bond donors (Lipinski definition) is 1. The molecule has 1 aromatic rings. The molecule has 0 aliphatic carbocycles. The van der Waals surface area contributed by atoms with Crippen molar-refractivity contribution in [1.29, 1.82) is 0 Å². The molecular weight excluding hydrogens is 208 g/mol. The van der Waals surface area contributed by atoms with E-state index in [4.69, 9.17) is 0 Å². The highest BCUT2D eigenvalue weighted by Crippen LogP contribution is 2.32. The molecule has 0 radical (unpaired) electrons. The molecule has 1 nitrogen and oxygen atoms in total. The minimum absolute atomic E-state index is 0.412. The molecule has 0 unspecified atom stereocenters. The summed E-state index contributed by atoms with van der Waals surface area (Å²) in [5, 5.41) is 10.3. The maximum atomic E-state index is 10.3. The molecular formula is C16H22O. The number of phenols is 1. The second-order valence-corrected chi connectivity index (χ2v) is 4.92. The third-order valence-corrected chi connectivity index (χ3v) is 2.87. The number of rotatable bonds is 5. The zero-order valence-electron chi connectivity index (χ0n) is 11.1. The van der Waals surface area contributed by atoms with Crippen molar-refractivity contribution in [3.8, 4) is 5.75 Å². The van der Waals surface area contributed by atoms with E-state index < -0.39 is 0 Å². The molecule has 1 heteroatoms. The van der Waals surface area contributed by atoms with Gasteiger partial charge in [0.15, 0.2) is 0 Å². The number of allylic oxidation sites excluding steroid dienone is 2. The molecule has 92 valence electrons. The number of aromatic hydroxyl groups is 1. The average Bonchev–Trinajstić information content (AvgIpc) is 2.23. The molecule has 0 amide bonds. The molecule has 0 heterocycles. The van der Waals surface area contributed by atoms with Crippen LogP contribution in [0.15, 0.2) is 36.9 Å². The van der Waals surface area contributed by atoms with E-state index in [0.717, 1.165) is 23.1 Å². The van der Waals surface area contributed by atoms with Crippen molar-refractivity contribution in [3.05, 3.63) is 53.6 Å². The Morgan fingerprint density at radius 1 is 1.41 bits per heavy atom. The fourth-order valence-corrected chi connectivity index (χ4v) is 2.07. The molecule has 0 saturated carbocycles. The second kappa shape index (κ2) is 5.72. The van der Waals surface area contributed by atoms with Gasteiger partial charge >= 0.3 is 0 Å². The summed E-state index contributed by atoms with van der Waals surface area (Å²) in [6.45, 7) is 13.9. The van der Waals surface area contributed by atoms with Gasteiger partial charge in [-0.15, -0.1) is 6.58 Å². The van der Waals surface area contributed by atoms with E-state index in [-0.39, 0.29) is 0 Å². The van der Waals surface area contributed by atoms with Gasteiger partial charge in [-0.25, -0.2) is 0 Å². The Kier molecular flexibility index (Phi) is 4.56. The molecule has 1 aromatic carbocycles. The zero-order chi connectivity index (χ0) is 13.0. The maximum absolute atomic E-state index is 10.3. The molecule has 1 rings (SSSR count). The maximum Gasteiger partial charge on any atom is 0.122 e. The Balaban J connectivity index is 3.27. The van der Waals surface area contributed by atoms with Crippen molar-refractivity contribution in [2.24, 2.45) is 0 Å². The fourth-order valence-electron chi connectivity index (χ4n) is 2.07. The van der Waals surface area contributed by atoms with Crippen LogP contribution in [0.4, 0.5) is 0 Å². The SMILES string of the molecule is C=CCc1c(C(C)C)ccc(CC(=C)C)c1O. The summed E-state index contributed by atoms with van der Waals surface area (Å²) in [5.41, 5.74) is 4.22. The van der Waals surface area contributed by atoms with Gasteiger partial charge in [-0.3, -0.25) is 0 Å². The largest absolute Gasteiger partial charge is 0.507 e. The number of phenolic OH excluding ortho intramolecular Hbond substituents is 1. The first-order valence-electron chi connectivity index (χ1n) is 6.06. The van der Waals surface area contributed by atoms with Gasteiger partial charge in [-0.1, -0.05) is 44.2 Å². The number of benzene rings is 1. The van der Waals surface area contributed by atoms with Crippen LogP contribution in [0.1, 0.15) is 43.4 Å². The van der Waals surface area contributed by atoms with Gasteiger partial charge < -0.3 is 5.11 Å². The molecule has 0 fully saturated rings. The van der Waals surface area contributed by atoms with E-state index >= 15 is 0 Å². The third-order valence-electron chi connectivity index (χ3n) is 2.87. The van der Waals surface area contributed by atoms with Crippen LogP contribution in [0.25, 0.3) is 0 Å². The van der Waals surface area contributed by atoms with E-state index in [0.29, 0.717) is 18.1 Å². The first-order chi connectivity index (χ1) is 7.97. The smallest absolute Gasteiger partial charge is 0.122 e. The lowest BCUT2D eigenvalue weighted by Gasteiger charge is -2.16. The molecule has 0 atom stereocenters. The highest BCUT2D eigenvalue weighted by Gasteiger charge is 2.13. The van der Waals surface area contributed by atoms with Gasteiger partial charge in [0, 0.05) is 5.56 Å². The van der Waals surface area contributed by atoms with Crippen LogP contribution in [0, 0.1) is 0 Å². The Morgan fingerprint density at radius 2 is 2.06 bits per heavy atom. The monoisotopic (exact) mass is 230 g/mol. The van der Waals surface area contributed by atoms with Gasteiger partial charge in [-0.2, -0.15) is 0 Å². The van der Waals surface area contributed by atoms with Crippen LogP contribution < -0.4 is 0 Å². The topological polar surface area (TPSA) is 20.2 Å². The van der Waals surface area contributed by atoms with Crippen LogP contribution in [-0.2, 0) is 12.8 Å². The third kappa shape index (κ3) is 3.23. The molecule has 1 N–H and O–H groups in total. The van der Waals surface area contributed by atoms with E-state index in [1.807, 2.05) is 19.1 Å². The average molecular weight is 230 g/mol. The van der Waals surface area contributed by atoms with Crippen LogP contribution in [0.2, 0.25) is 0 Å². The summed E-state index contributed by atoms with van der Waals surface area (Å²) in [6, 6.07) is 4.12. The Bertz CT molecular complexity index is 427. The Labute approximate surface area is 104 Å². The Morgan fingerprint density at radius 3 is 2.53 bits per heavy atom. The van der Waals surface area contributed by atoms with Gasteiger partial charge in [-0.05, 0) is 36.8 Å². The molecule has 0 saturated heterocycles. The summed E-state index contributed by atoms with van der Waals surface area (Å²) in [5.74, 6) is 0.828. The molecule has 0 aliphatic rings. The quantitative estimate of drug-likeness (QED) is 0.745. The minimum Gasteiger partial charge on any atom is -0.507 e. The zero-order valence-corrected chi connectivity index (χ0v) is 11.1. The van der Waals surface area contributed by atoms with Gasteiger partial charge in [0.2, 0.25) is 0 Å². The van der Waals surface area contributed by atoms with Crippen LogP contribution in [-0.4, -0.2) is 5.11 Å². The first-order valence-corrected chi connectivity index (χ1v) is 6.06. The predicted molar refractivity (Wildman–Crippen MR) is 74.6 cm³/mol. The van der Waals surface area contributed by atoms with Crippen LogP contribution >= 0.6 is 0 Å². The van der Waals surface area contributed by atoms with Gasteiger partial charge in [0.1, 0.15) is 5.75 Å². The second-order valence-electron chi connectivity index (χ2n) is 4.92. The van der Waals surface area contributed by atoms with Crippen molar-refractivity contribution >= 4 is 0 Å². The highest BCUT2D eigenvalue weighted by molar-refractivity contribution is 5.48. The van der Waals surface area contributed by atoms with E-state index in [2.05, 4.69) is 33.1 Å². The molecule has 0 bridgehead atoms.